The van der Waals surface area contributed by atoms with E-state index in [9.17, 15) is 28.0 Å². The molecule has 334 valence electrons. The highest BCUT2D eigenvalue weighted by atomic mass is 19.1. The lowest BCUT2D eigenvalue weighted by Gasteiger charge is -2.29. The molecule has 3 aromatic heterocycles. The van der Waals surface area contributed by atoms with Crippen LogP contribution < -0.4 is 15.4 Å². The molecule has 6 heterocycles. The average Bonchev–Trinajstić information content (AvgIpc) is 4.10. The van der Waals surface area contributed by atoms with Gasteiger partial charge in [0.1, 0.15) is 47.6 Å². The maximum atomic E-state index is 16.4. The molecule has 1 unspecified atom stereocenters. The van der Waals surface area contributed by atoms with Gasteiger partial charge >= 0.3 is 12.2 Å². The van der Waals surface area contributed by atoms with Gasteiger partial charge in [0.15, 0.2) is 6.23 Å². The van der Waals surface area contributed by atoms with E-state index >= 15 is 4.39 Å². The van der Waals surface area contributed by atoms with E-state index in [-0.39, 0.29) is 43.3 Å². The number of amides is 4. The van der Waals surface area contributed by atoms with Crippen molar-refractivity contribution in [2.24, 2.45) is 11.8 Å². The SMILES string of the molecule is COC(=O)N[C@H](C(=O)N1C[C@H](F)C[C@H]1c1ncc(-c2cc(F)c3c(c2)OC(C)n2c-3cc3cc(-c4cnc([C@@H]5C[C@@H](F)CN5C(=O)[C@@H](NC(=O)OC)C(C)C)[nH]4)ccc32)[nH]1)C(C)C. The zero-order valence-corrected chi connectivity index (χ0v) is 35.9. The van der Waals surface area contributed by atoms with Crippen molar-refractivity contribution in [2.45, 2.75) is 90.2 Å². The summed E-state index contributed by atoms with van der Waals surface area (Å²) < 4.78 is 63.9. The molecule has 7 atom stereocenters. The fraction of sp³-hybridized carbons (Fsp3) is 0.455. The zero-order chi connectivity index (χ0) is 45.0. The number of ether oxygens (including phenoxy) is 3. The molecule has 2 aromatic carbocycles. The number of hydrogen-bond acceptors (Lipinski definition) is 9. The topological polar surface area (TPSA) is 189 Å². The van der Waals surface area contributed by atoms with E-state index in [0.717, 1.165) is 16.5 Å². The predicted molar refractivity (Wildman–Crippen MR) is 224 cm³/mol. The molecule has 0 radical (unpaired) electrons. The first-order valence-electron chi connectivity index (χ1n) is 20.9. The number of alkyl carbamates (subject to hydrolysis) is 2. The van der Waals surface area contributed by atoms with Crippen molar-refractivity contribution in [3.8, 4) is 39.5 Å². The number of carbonyl (C=O) groups is 4. The maximum absolute atomic E-state index is 16.4. The Balaban J connectivity index is 1.04. The third kappa shape index (κ3) is 8.04. The first-order chi connectivity index (χ1) is 30.1. The summed E-state index contributed by atoms with van der Waals surface area (Å²) in [7, 11) is 2.41. The van der Waals surface area contributed by atoms with Gasteiger partial charge in [-0.1, -0.05) is 33.8 Å². The average molecular weight is 874 g/mol. The number of benzene rings is 2. The molecule has 19 heteroatoms. The summed E-state index contributed by atoms with van der Waals surface area (Å²) in [6, 6.07) is 7.38. The second-order valence-electron chi connectivity index (χ2n) is 17.0. The van der Waals surface area contributed by atoms with Gasteiger partial charge in [0, 0.05) is 29.4 Å². The highest BCUT2D eigenvalue weighted by molar-refractivity contribution is 5.93. The Hall–Kier alpha value is -6.53. The smallest absolute Gasteiger partial charge is 0.407 e. The van der Waals surface area contributed by atoms with E-state index in [1.54, 1.807) is 40.0 Å². The minimum absolute atomic E-state index is 0.00904. The van der Waals surface area contributed by atoms with Gasteiger partial charge in [-0.05, 0) is 49.1 Å². The highest BCUT2D eigenvalue weighted by Gasteiger charge is 2.43. The number of aromatic amines is 2. The van der Waals surface area contributed by atoms with Crippen molar-refractivity contribution in [3.05, 3.63) is 66.3 Å². The molecule has 4 N–H and O–H groups in total. The van der Waals surface area contributed by atoms with Crippen LogP contribution in [0.5, 0.6) is 5.75 Å². The summed E-state index contributed by atoms with van der Waals surface area (Å²) >= 11 is 0. The second-order valence-corrected chi connectivity index (χ2v) is 17.0. The number of methoxy groups -OCH3 is 2. The van der Waals surface area contributed by atoms with Crippen LogP contribution in [0.15, 0.2) is 48.8 Å². The van der Waals surface area contributed by atoms with Crippen molar-refractivity contribution in [1.82, 2.24) is 44.9 Å². The monoisotopic (exact) mass is 873 g/mol. The summed E-state index contributed by atoms with van der Waals surface area (Å²) in [5.74, 6) is -1.01. The molecule has 5 aromatic rings. The van der Waals surface area contributed by atoms with Gasteiger partial charge in [-0.25, -0.2) is 32.7 Å². The van der Waals surface area contributed by atoms with Crippen LogP contribution in [0.2, 0.25) is 0 Å². The van der Waals surface area contributed by atoms with Crippen LogP contribution in [0.25, 0.3) is 44.7 Å². The van der Waals surface area contributed by atoms with E-state index in [1.807, 2.05) is 35.8 Å². The summed E-state index contributed by atoms with van der Waals surface area (Å²) in [5.41, 5.74) is 3.90. The number of nitrogens with zero attached hydrogens (tertiary/aromatic N) is 5. The Morgan fingerprint density at radius 2 is 1.30 bits per heavy atom. The minimum atomic E-state index is -1.32. The van der Waals surface area contributed by atoms with Crippen LogP contribution in [0.4, 0.5) is 22.8 Å². The Bertz CT molecular complexity index is 2570. The number of H-pyrrole nitrogens is 2. The fourth-order valence-electron chi connectivity index (χ4n) is 8.94. The van der Waals surface area contributed by atoms with Crippen LogP contribution in [0.3, 0.4) is 0 Å². The Morgan fingerprint density at radius 3 is 1.81 bits per heavy atom. The zero-order valence-electron chi connectivity index (χ0n) is 35.9. The number of aromatic nitrogens is 5. The summed E-state index contributed by atoms with van der Waals surface area (Å²) in [5, 5.41) is 5.92. The molecule has 3 aliphatic rings. The molecular weight excluding hydrogens is 824 g/mol. The van der Waals surface area contributed by atoms with E-state index in [0.29, 0.717) is 40.0 Å². The van der Waals surface area contributed by atoms with Crippen molar-refractivity contribution < 1.29 is 46.6 Å². The third-order valence-electron chi connectivity index (χ3n) is 12.1. The summed E-state index contributed by atoms with van der Waals surface area (Å²) in [6.45, 7) is 8.64. The van der Waals surface area contributed by atoms with Crippen LogP contribution >= 0.6 is 0 Å². The van der Waals surface area contributed by atoms with E-state index in [1.165, 1.54) is 36.3 Å². The number of halogens is 3. The molecule has 2 fully saturated rings. The van der Waals surface area contributed by atoms with Gasteiger partial charge in [0.2, 0.25) is 11.8 Å². The first kappa shape index (κ1) is 43.1. The van der Waals surface area contributed by atoms with Gasteiger partial charge in [-0.3, -0.25) is 9.59 Å². The standard InChI is InChI=1S/C44H50F3N9O7/c1-20(2)37(52-43(59)61-6)41(57)54-18-26(45)14-33(54)39-48-16-29(50-39)23-8-9-31-25(10-23)12-32-36-28(47)11-24(13-35(36)63-22(5)56(31)32)30-17-49-40(51-30)34-15-27(46)19-55(34)42(58)38(21(3)4)53-44(60)62-7/h8-13,16-17,20-22,26-27,33-34,37-38H,14-15,18-19H2,1-7H3,(H,48,50)(H,49,51)(H,52,59)(H,53,60)/t22?,26-,27-,33+,34+,37+,38+/m1/s1. The molecule has 8 rings (SSSR count). The van der Waals surface area contributed by atoms with E-state index in [2.05, 4.69) is 30.6 Å². The normalized spacial score (nSPS) is 21.6. The molecule has 2 saturated heterocycles. The Morgan fingerprint density at radius 1 is 0.778 bits per heavy atom. The van der Waals surface area contributed by atoms with Crippen LogP contribution in [-0.2, 0) is 19.1 Å². The Labute approximate surface area is 360 Å². The number of imidazole rings is 2. The van der Waals surface area contributed by atoms with Crippen molar-refractivity contribution in [1.29, 1.82) is 0 Å². The first-order valence-corrected chi connectivity index (χ1v) is 20.9. The number of nitrogens with one attached hydrogen (secondary N) is 4. The molecule has 63 heavy (non-hydrogen) atoms. The van der Waals surface area contributed by atoms with E-state index < -0.39 is 72.6 Å². The summed E-state index contributed by atoms with van der Waals surface area (Å²) in [4.78, 5) is 69.6. The lowest BCUT2D eigenvalue weighted by molar-refractivity contribution is -0.136. The van der Waals surface area contributed by atoms with Gasteiger partial charge in [-0.15, -0.1) is 0 Å². The van der Waals surface area contributed by atoms with Gasteiger partial charge in [0.05, 0.1) is 79.9 Å². The van der Waals surface area contributed by atoms with Gasteiger partial charge < -0.3 is 49.2 Å². The quantitative estimate of drug-likeness (QED) is 0.113. The molecule has 16 nitrogen and oxygen atoms in total. The van der Waals surface area contributed by atoms with Crippen molar-refractivity contribution in [3.63, 3.8) is 0 Å². The lowest BCUT2D eigenvalue weighted by atomic mass is 10.0. The summed E-state index contributed by atoms with van der Waals surface area (Å²) in [6.07, 6.45) is -1.50. The van der Waals surface area contributed by atoms with Gasteiger partial charge in [0.25, 0.3) is 0 Å². The number of carbonyl (C=O) groups excluding carboxylic acids is 4. The third-order valence-corrected chi connectivity index (χ3v) is 12.1. The molecule has 0 saturated carbocycles. The van der Waals surface area contributed by atoms with Crippen molar-refractivity contribution >= 4 is 34.9 Å². The van der Waals surface area contributed by atoms with Crippen LogP contribution in [-0.4, -0.2) is 110 Å². The van der Waals surface area contributed by atoms with E-state index in [4.69, 9.17) is 14.2 Å². The highest BCUT2D eigenvalue weighted by Crippen LogP contribution is 2.46. The molecule has 0 aliphatic carbocycles. The molecule has 3 aliphatic heterocycles. The number of fused-ring (bicyclic) bond motifs is 5. The molecule has 0 spiro atoms. The lowest BCUT2D eigenvalue weighted by Crippen LogP contribution is -2.51. The molecular formula is C44H50F3N9O7. The minimum Gasteiger partial charge on any atom is -0.470 e. The van der Waals surface area contributed by atoms with Crippen LogP contribution in [0, 0.1) is 17.7 Å². The van der Waals surface area contributed by atoms with Crippen molar-refractivity contribution in [2.75, 3.05) is 27.3 Å². The predicted octanol–water partition coefficient (Wildman–Crippen LogP) is 7.12. The Kier molecular flexibility index (Phi) is 11.6. The fourth-order valence-corrected chi connectivity index (χ4v) is 8.94. The second kappa shape index (κ2) is 17.0. The number of hydrogen-bond donors (Lipinski definition) is 4. The van der Waals surface area contributed by atoms with Gasteiger partial charge in [-0.2, -0.15) is 0 Å². The number of rotatable bonds is 10. The largest absolute Gasteiger partial charge is 0.470 e. The maximum Gasteiger partial charge on any atom is 0.407 e. The number of likely N-dealkylation sites (tertiary alicyclic amines) is 2. The van der Waals surface area contributed by atoms with Crippen LogP contribution in [0.1, 0.15) is 77.4 Å². The molecule has 4 amide bonds. The number of alkyl halides is 2. The molecule has 0 bridgehead atoms.